The molecule has 0 aliphatic rings. The average molecular weight is 321 g/mol. The lowest BCUT2D eigenvalue weighted by Gasteiger charge is -2.17. The Bertz CT molecular complexity index is 666. The van der Waals surface area contributed by atoms with Gasteiger partial charge in [-0.1, -0.05) is 6.07 Å². The second kappa shape index (κ2) is 7.53. The number of carbonyl (C=O) groups excluding carboxylic acids is 1. The number of nitrogens with zero attached hydrogens (tertiary/aromatic N) is 1. The van der Waals surface area contributed by atoms with E-state index in [1.54, 1.807) is 37.5 Å². The molecule has 0 fully saturated rings. The fourth-order valence-corrected chi connectivity index (χ4v) is 2.06. The van der Waals surface area contributed by atoms with Gasteiger partial charge in [-0.3, -0.25) is 4.98 Å². The molecule has 0 unspecified atom stereocenters. The summed E-state index contributed by atoms with van der Waals surface area (Å²) in [4.78, 5) is 16.0. The zero-order valence-electron chi connectivity index (χ0n) is 12.7. The highest BCUT2D eigenvalue weighted by molar-refractivity contribution is 5.90. The quantitative estimate of drug-likeness (QED) is 0.878. The van der Waals surface area contributed by atoms with Crippen molar-refractivity contribution in [3.05, 3.63) is 53.9 Å². The first-order valence-corrected chi connectivity index (χ1v) is 6.99. The lowest BCUT2D eigenvalue weighted by molar-refractivity contribution is -0.0502. The van der Waals surface area contributed by atoms with Gasteiger partial charge in [-0.25, -0.2) is 4.79 Å². The Kier molecular flexibility index (Phi) is 5.46. The number of pyridine rings is 1. The molecule has 2 rings (SSSR count). The molecule has 2 N–H and O–H groups in total. The predicted octanol–water partition coefficient (Wildman–Crippen LogP) is 3.87. The number of urea groups is 1. The molecule has 0 bridgehead atoms. The molecule has 0 radical (unpaired) electrons. The largest absolute Gasteiger partial charge is 0.434 e. The van der Waals surface area contributed by atoms with E-state index >= 15 is 0 Å². The van der Waals surface area contributed by atoms with Crippen molar-refractivity contribution in [2.45, 2.75) is 26.5 Å². The fraction of sp³-hybridized carbons (Fsp3) is 0.250. The fourth-order valence-electron chi connectivity index (χ4n) is 2.06. The number of anilines is 1. The SMILES string of the molecule is Cc1c(NC(=O)N[C@H](C)c2ccncc2)cccc1OC(F)F. The third-order valence-electron chi connectivity index (χ3n) is 3.30. The first-order valence-electron chi connectivity index (χ1n) is 6.99. The Labute approximate surface area is 132 Å². The van der Waals surface area contributed by atoms with Crippen LogP contribution in [0, 0.1) is 6.92 Å². The van der Waals surface area contributed by atoms with Crippen LogP contribution in [0.2, 0.25) is 0 Å². The summed E-state index contributed by atoms with van der Waals surface area (Å²) >= 11 is 0. The number of aromatic nitrogens is 1. The van der Waals surface area contributed by atoms with Crippen molar-refractivity contribution in [2.24, 2.45) is 0 Å². The van der Waals surface area contributed by atoms with Crippen LogP contribution in [-0.2, 0) is 0 Å². The van der Waals surface area contributed by atoms with Gasteiger partial charge in [-0.05, 0) is 43.7 Å². The highest BCUT2D eigenvalue weighted by Crippen LogP contribution is 2.26. The number of amides is 2. The zero-order valence-corrected chi connectivity index (χ0v) is 12.7. The predicted molar refractivity (Wildman–Crippen MR) is 82.6 cm³/mol. The number of hydrogen-bond acceptors (Lipinski definition) is 3. The maximum absolute atomic E-state index is 12.3. The van der Waals surface area contributed by atoms with Crippen LogP contribution >= 0.6 is 0 Å². The third kappa shape index (κ3) is 4.64. The van der Waals surface area contributed by atoms with Crippen LogP contribution < -0.4 is 15.4 Å². The van der Waals surface area contributed by atoms with E-state index in [-0.39, 0.29) is 11.8 Å². The number of ether oxygens (including phenoxy) is 1. The number of rotatable bonds is 5. The third-order valence-corrected chi connectivity index (χ3v) is 3.30. The van der Waals surface area contributed by atoms with E-state index in [1.807, 2.05) is 6.92 Å². The van der Waals surface area contributed by atoms with Crippen molar-refractivity contribution in [3.63, 3.8) is 0 Å². The Morgan fingerprint density at radius 1 is 1.22 bits per heavy atom. The van der Waals surface area contributed by atoms with E-state index in [1.165, 1.54) is 12.1 Å². The van der Waals surface area contributed by atoms with Gasteiger partial charge >= 0.3 is 12.6 Å². The molecule has 0 saturated heterocycles. The molecule has 0 saturated carbocycles. The number of nitrogens with one attached hydrogen (secondary N) is 2. The van der Waals surface area contributed by atoms with Gasteiger partial charge in [0, 0.05) is 23.6 Å². The number of benzene rings is 1. The summed E-state index contributed by atoms with van der Waals surface area (Å²) in [5, 5.41) is 5.40. The van der Waals surface area contributed by atoms with Gasteiger partial charge in [-0.2, -0.15) is 8.78 Å². The summed E-state index contributed by atoms with van der Waals surface area (Å²) < 4.78 is 29.1. The molecule has 0 aliphatic carbocycles. The molecule has 0 spiro atoms. The molecule has 1 aromatic carbocycles. The van der Waals surface area contributed by atoms with E-state index in [9.17, 15) is 13.6 Å². The summed E-state index contributed by atoms with van der Waals surface area (Å²) in [5.74, 6) is 0.0278. The van der Waals surface area contributed by atoms with Crippen LogP contribution in [0.25, 0.3) is 0 Å². The first-order chi connectivity index (χ1) is 11.0. The topological polar surface area (TPSA) is 63.2 Å². The van der Waals surface area contributed by atoms with E-state index in [0.717, 1.165) is 5.56 Å². The van der Waals surface area contributed by atoms with Gasteiger partial charge in [0.05, 0.1) is 6.04 Å². The van der Waals surface area contributed by atoms with Crippen molar-refractivity contribution in [1.29, 1.82) is 0 Å². The summed E-state index contributed by atoms with van der Waals surface area (Å²) in [6.07, 6.45) is 3.28. The van der Waals surface area contributed by atoms with Crippen molar-refractivity contribution in [1.82, 2.24) is 10.3 Å². The van der Waals surface area contributed by atoms with Gasteiger partial charge < -0.3 is 15.4 Å². The standard InChI is InChI=1S/C16H17F2N3O2/c1-10-13(4-3-5-14(10)23-15(17)18)21-16(22)20-11(2)12-6-8-19-9-7-12/h3-9,11,15H,1-2H3,(H2,20,21,22)/t11-/m1/s1. The maximum Gasteiger partial charge on any atom is 0.387 e. The highest BCUT2D eigenvalue weighted by atomic mass is 19.3. The van der Waals surface area contributed by atoms with Gasteiger partial charge in [-0.15, -0.1) is 0 Å². The van der Waals surface area contributed by atoms with Gasteiger partial charge in [0.2, 0.25) is 0 Å². The number of halogens is 2. The molecule has 2 aromatic rings. The Hall–Kier alpha value is -2.70. The molecule has 1 atom stereocenters. The molecule has 5 nitrogen and oxygen atoms in total. The summed E-state index contributed by atoms with van der Waals surface area (Å²) in [7, 11) is 0. The van der Waals surface area contributed by atoms with Crippen LogP contribution in [0.1, 0.15) is 24.1 Å². The minimum Gasteiger partial charge on any atom is -0.434 e. The van der Waals surface area contributed by atoms with Crippen LogP contribution in [0.4, 0.5) is 19.3 Å². The number of alkyl halides is 2. The van der Waals surface area contributed by atoms with Gasteiger partial charge in [0.25, 0.3) is 0 Å². The molecule has 1 aromatic heterocycles. The lowest BCUT2D eigenvalue weighted by atomic mass is 10.1. The summed E-state index contributed by atoms with van der Waals surface area (Å²) in [6.45, 7) is 0.516. The van der Waals surface area contributed by atoms with E-state index < -0.39 is 12.6 Å². The Balaban J connectivity index is 2.03. The van der Waals surface area contributed by atoms with Crippen molar-refractivity contribution >= 4 is 11.7 Å². The maximum atomic E-state index is 12.3. The zero-order chi connectivity index (χ0) is 16.8. The minimum absolute atomic E-state index is 0.0278. The molecule has 0 aliphatic heterocycles. The van der Waals surface area contributed by atoms with Crippen molar-refractivity contribution in [2.75, 3.05) is 5.32 Å². The number of carbonyl (C=O) groups is 1. The minimum atomic E-state index is -2.91. The van der Waals surface area contributed by atoms with E-state index in [4.69, 9.17) is 0 Å². The second-order valence-electron chi connectivity index (χ2n) is 4.91. The average Bonchev–Trinajstić information content (AvgIpc) is 2.51. The van der Waals surface area contributed by atoms with E-state index in [0.29, 0.717) is 11.3 Å². The smallest absolute Gasteiger partial charge is 0.387 e. The lowest BCUT2D eigenvalue weighted by Crippen LogP contribution is -2.31. The van der Waals surface area contributed by atoms with Gasteiger partial charge in [0.1, 0.15) is 5.75 Å². The van der Waals surface area contributed by atoms with Gasteiger partial charge in [0.15, 0.2) is 0 Å². The first kappa shape index (κ1) is 16.7. The molecule has 122 valence electrons. The Morgan fingerprint density at radius 3 is 2.57 bits per heavy atom. The van der Waals surface area contributed by atoms with Crippen molar-refractivity contribution < 1.29 is 18.3 Å². The highest BCUT2D eigenvalue weighted by Gasteiger charge is 2.13. The molecular weight excluding hydrogens is 304 g/mol. The van der Waals surface area contributed by atoms with Crippen LogP contribution in [0.5, 0.6) is 5.75 Å². The molecule has 1 heterocycles. The monoisotopic (exact) mass is 321 g/mol. The molecule has 2 amide bonds. The van der Waals surface area contributed by atoms with Crippen molar-refractivity contribution in [3.8, 4) is 5.75 Å². The van der Waals surface area contributed by atoms with Crippen LogP contribution in [0.15, 0.2) is 42.7 Å². The Morgan fingerprint density at radius 2 is 1.91 bits per heavy atom. The molecule has 23 heavy (non-hydrogen) atoms. The summed E-state index contributed by atoms with van der Waals surface area (Å²) in [5.41, 5.74) is 1.74. The van der Waals surface area contributed by atoms with Crippen LogP contribution in [0.3, 0.4) is 0 Å². The second-order valence-corrected chi connectivity index (χ2v) is 4.91. The van der Waals surface area contributed by atoms with Crippen LogP contribution in [-0.4, -0.2) is 17.6 Å². The molecule has 7 heteroatoms. The summed E-state index contributed by atoms with van der Waals surface area (Å²) in [6, 6.07) is 7.51. The van der Waals surface area contributed by atoms with E-state index in [2.05, 4.69) is 20.4 Å². The molecular formula is C16H17F2N3O2. The number of hydrogen-bond donors (Lipinski definition) is 2. The normalized spacial score (nSPS) is 11.9.